The minimum absolute atomic E-state index is 0.198. The summed E-state index contributed by atoms with van der Waals surface area (Å²) in [4.78, 5) is 2.98. The van der Waals surface area contributed by atoms with Gasteiger partial charge in [-0.1, -0.05) is 0 Å². The number of thiophene rings is 1. The van der Waals surface area contributed by atoms with Gasteiger partial charge in [0.25, 0.3) is 10.0 Å². The van der Waals surface area contributed by atoms with Crippen LogP contribution >= 0.6 is 11.3 Å². The number of aromatic nitrogens is 2. The fraction of sp³-hybridized carbons (Fsp3) is 0.385. The molecule has 0 saturated heterocycles. The SMILES string of the molecule is Cc1ccc(S(=O)(=O)Nc2ccc(NCCN(C)C)nn2)s1. The molecule has 120 valence electrons. The Morgan fingerprint density at radius 2 is 1.82 bits per heavy atom. The molecular formula is C13H19N5O2S2. The first-order valence-corrected chi connectivity index (χ1v) is 8.98. The molecule has 0 aliphatic heterocycles. The number of aryl methyl sites for hydroxylation is 1. The molecule has 0 fully saturated rings. The van der Waals surface area contributed by atoms with Gasteiger partial charge in [-0.15, -0.1) is 21.5 Å². The van der Waals surface area contributed by atoms with E-state index in [4.69, 9.17) is 0 Å². The lowest BCUT2D eigenvalue weighted by atomic mass is 10.5. The number of likely N-dealkylation sites (N-methyl/N-ethyl adjacent to an activating group) is 1. The van der Waals surface area contributed by atoms with Crippen molar-refractivity contribution in [1.82, 2.24) is 15.1 Å². The van der Waals surface area contributed by atoms with Gasteiger partial charge in [0.1, 0.15) is 10.0 Å². The van der Waals surface area contributed by atoms with Crippen LogP contribution in [0.15, 0.2) is 28.5 Å². The number of anilines is 2. The second-order valence-corrected chi connectivity index (χ2v) is 8.20. The highest BCUT2D eigenvalue weighted by Gasteiger charge is 2.17. The maximum atomic E-state index is 12.2. The molecule has 0 aliphatic rings. The minimum Gasteiger partial charge on any atom is -0.367 e. The van der Waals surface area contributed by atoms with Crippen molar-refractivity contribution in [2.24, 2.45) is 0 Å². The second-order valence-electron chi connectivity index (χ2n) is 5.00. The van der Waals surface area contributed by atoms with E-state index >= 15 is 0 Å². The summed E-state index contributed by atoms with van der Waals surface area (Å²) in [7, 11) is 0.373. The minimum atomic E-state index is -3.59. The summed E-state index contributed by atoms with van der Waals surface area (Å²) < 4.78 is 27.0. The van der Waals surface area contributed by atoms with Crippen LogP contribution in [0.3, 0.4) is 0 Å². The van der Waals surface area contributed by atoms with E-state index in [0.717, 1.165) is 18.0 Å². The third-order valence-electron chi connectivity index (χ3n) is 2.75. The van der Waals surface area contributed by atoms with Gasteiger partial charge in [0.05, 0.1) is 0 Å². The van der Waals surface area contributed by atoms with E-state index in [1.165, 1.54) is 11.3 Å². The third-order valence-corrected chi connectivity index (χ3v) is 5.60. The first kappa shape index (κ1) is 16.7. The number of hydrogen-bond acceptors (Lipinski definition) is 7. The molecule has 0 spiro atoms. The fourth-order valence-electron chi connectivity index (χ4n) is 1.63. The normalized spacial score (nSPS) is 11.6. The molecule has 2 aromatic rings. The largest absolute Gasteiger partial charge is 0.367 e. The van der Waals surface area contributed by atoms with E-state index < -0.39 is 10.0 Å². The van der Waals surface area contributed by atoms with Crippen molar-refractivity contribution >= 4 is 33.0 Å². The van der Waals surface area contributed by atoms with Crippen LogP contribution in [-0.4, -0.2) is 50.7 Å². The summed E-state index contributed by atoms with van der Waals surface area (Å²) in [5.74, 6) is 0.806. The van der Waals surface area contributed by atoms with E-state index in [1.807, 2.05) is 25.9 Å². The number of sulfonamides is 1. The van der Waals surface area contributed by atoms with Crippen LogP contribution in [0.2, 0.25) is 0 Å². The molecule has 22 heavy (non-hydrogen) atoms. The Morgan fingerprint density at radius 1 is 1.14 bits per heavy atom. The van der Waals surface area contributed by atoms with E-state index in [-0.39, 0.29) is 10.0 Å². The van der Waals surface area contributed by atoms with Crippen LogP contribution in [-0.2, 0) is 10.0 Å². The quantitative estimate of drug-likeness (QED) is 0.796. The van der Waals surface area contributed by atoms with Gasteiger partial charge in [-0.2, -0.15) is 0 Å². The molecule has 0 bridgehead atoms. The Hall–Kier alpha value is -1.71. The zero-order chi connectivity index (χ0) is 16.2. The van der Waals surface area contributed by atoms with E-state index in [0.29, 0.717) is 5.82 Å². The summed E-state index contributed by atoms with van der Waals surface area (Å²) in [6, 6.07) is 6.62. The van der Waals surface area contributed by atoms with Crippen LogP contribution < -0.4 is 10.0 Å². The number of nitrogens with one attached hydrogen (secondary N) is 2. The molecule has 2 aromatic heterocycles. The molecule has 0 atom stereocenters. The van der Waals surface area contributed by atoms with Crippen LogP contribution in [0.1, 0.15) is 4.88 Å². The fourth-order valence-corrected chi connectivity index (χ4v) is 3.91. The van der Waals surface area contributed by atoms with Crippen molar-refractivity contribution in [3.63, 3.8) is 0 Å². The van der Waals surface area contributed by atoms with Crippen LogP contribution in [0.4, 0.5) is 11.6 Å². The summed E-state index contributed by atoms with van der Waals surface area (Å²) in [5.41, 5.74) is 0. The molecule has 0 radical (unpaired) electrons. The third kappa shape index (κ3) is 4.65. The Balaban J connectivity index is 1.99. The number of rotatable bonds is 7. The second kappa shape index (κ2) is 7.03. The van der Waals surface area contributed by atoms with E-state index in [9.17, 15) is 8.42 Å². The summed E-state index contributed by atoms with van der Waals surface area (Å²) in [6.07, 6.45) is 0. The topological polar surface area (TPSA) is 87.2 Å². The molecule has 0 amide bonds. The van der Waals surface area contributed by atoms with Gasteiger partial charge in [-0.05, 0) is 45.3 Å². The predicted molar refractivity (Wildman–Crippen MR) is 88.9 cm³/mol. The maximum Gasteiger partial charge on any atom is 0.272 e. The average Bonchev–Trinajstić information content (AvgIpc) is 2.88. The Kier molecular flexibility index (Phi) is 5.33. The Bertz CT molecular complexity index is 710. The zero-order valence-electron chi connectivity index (χ0n) is 12.7. The molecular weight excluding hydrogens is 322 g/mol. The Morgan fingerprint density at radius 3 is 2.36 bits per heavy atom. The van der Waals surface area contributed by atoms with Gasteiger partial charge < -0.3 is 10.2 Å². The maximum absolute atomic E-state index is 12.2. The van der Waals surface area contributed by atoms with Gasteiger partial charge in [-0.3, -0.25) is 4.72 Å². The first-order chi connectivity index (χ1) is 10.4. The molecule has 7 nitrogen and oxygen atoms in total. The van der Waals surface area contributed by atoms with E-state index in [2.05, 4.69) is 20.2 Å². The highest BCUT2D eigenvalue weighted by Crippen LogP contribution is 2.22. The lowest BCUT2D eigenvalue weighted by molar-refractivity contribution is 0.425. The predicted octanol–water partition coefficient (Wildman–Crippen LogP) is 1.62. The van der Waals surface area contributed by atoms with Crippen LogP contribution in [0, 0.1) is 6.92 Å². The molecule has 9 heteroatoms. The van der Waals surface area contributed by atoms with Crippen molar-refractivity contribution in [2.75, 3.05) is 37.2 Å². The van der Waals surface area contributed by atoms with Crippen molar-refractivity contribution in [1.29, 1.82) is 0 Å². The summed E-state index contributed by atoms with van der Waals surface area (Å²) in [6.45, 7) is 3.46. The number of nitrogens with zero attached hydrogens (tertiary/aromatic N) is 3. The molecule has 0 aromatic carbocycles. The zero-order valence-corrected chi connectivity index (χ0v) is 14.3. The highest BCUT2D eigenvalue weighted by molar-refractivity contribution is 7.94. The van der Waals surface area contributed by atoms with Crippen molar-refractivity contribution in [3.05, 3.63) is 29.1 Å². The molecule has 0 unspecified atom stereocenters. The molecule has 2 heterocycles. The highest BCUT2D eigenvalue weighted by atomic mass is 32.2. The average molecular weight is 341 g/mol. The summed E-state index contributed by atoms with van der Waals surface area (Å²) >= 11 is 1.22. The Labute approximate surface area is 134 Å². The van der Waals surface area contributed by atoms with Gasteiger partial charge >= 0.3 is 0 Å². The first-order valence-electron chi connectivity index (χ1n) is 6.68. The van der Waals surface area contributed by atoms with Gasteiger partial charge in [0, 0.05) is 18.0 Å². The van der Waals surface area contributed by atoms with Crippen molar-refractivity contribution < 1.29 is 8.42 Å². The van der Waals surface area contributed by atoms with E-state index in [1.54, 1.807) is 24.3 Å². The molecule has 0 aliphatic carbocycles. The smallest absolute Gasteiger partial charge is 0.272 e. The lowest BCUT2D eigenvalue weighted by Crippen LogP contribution is -2.21. The van der Waals surface area contributed by atoms with Gasteiger partial charge in [0.2, 0.25) is 0 Å². The monoisotopic (exact) mass is 341 g/mol. The van der Waals surface area contributed by atoms with Crippen LogP contribution in [0.5, 0.6) is 0 Å². The standard InChI is InChI=1S/C13H19N5O2S2/c1-10-4-7-13(21-10)22(19,20)17-12-6-5-11(15-16-12)14-8-9-18(2)3/h4-7H,8-9H2,1-3H3,(H,14,15)(H,16,17). The van der Waals surface area contributed by atoms with Crippen molar-refractivity contribution in [2.45, 2.75) is 11.1 Å². The summed E-state index contributed by atoms with van der Waals surface area (Å²) in [5, 5.41) is 10.9. The van der Waals surface area contributed by atoms with Gasteiger partial charge in [0.15, 0.2) is 5.82 Å². The molecule has 0 saturated carbocycles. The molecule has 2 rings (SSSR count). The molecule has 2 N–H and O–H groups in total. The van der Waals surface area contributed by atoms with Gasteiger partial charge in [-0.25, -0.2) is 8.42 Å². The van der Waals surface area contributed by atoms with Crippen LogP contribution in [0.25, 0.3) is 0 Å². The number of hydrogen-bond donors (Lipinski definition) is 2. The van der Waals surface area contributed by atoms with Crippen molar-refractivity contribution in [3.8, 4) is 0 Å². The lowest BCUT2D eigenvalue weighted by Gasteiger charge is -2.10.